The smallest absolute Gasteiger partial charge is 0.253 e. The second-order valence-corrected chi connectivity index (χ2v) is 8.06. The number of nitrogens with zero attached hydrogens (tertiary/aromatic N) is 1. The zero-order valence-corrected chi connectivity index (χ0v) is 17.8. The number of alkyl halides is 1. The molecule has 1 aromatic rings. The van der Waals surface area contributed by atoms with Crippen molar-refractivity contribution < 1.29 is 4.79 Å². The number of nitrogens with one attached hydrogen (secondary N) is 2. The van der Waals surface area contributed by atoms with Crippen LogP contribution in [0.15, 0.2) is 59.5 Å². The second kappa shape index (κ2) is 8.97. The predicted molar refractivity (Wildman–Crippen MR) is 116 cm³/mol. The number of amides is 1. The van der Waals surface area contributed by atoms with Crippen LogP contribution in [-0.2, 0) is 11.3 Å². The first-order valence-corrected chi connectivity index (χ1v) is 10.5. The Labute approximate surface area is 173 Å². The molecule has 28 heavy (non-hydrogen) atoms. The van der Waals surface area contributed by atoms with Crippen LogP contribution >= 0.6 is 11.6 Å². The molecule has 5 heteroatoms. The summed E-state index contributed by atoms with van der Waals surface area (Å²) < 4.78 is 0. The van der Waals surface area contributed by atoms with E-state index in [0.29, 0.717) is 24.0 Å². The fourth-order valence-corrected chi connectivity index (χ4v) is 4.35. The van der Waals surface area contributed by atoms with Crippen molar-refractivity contribution in [1.29, 1.82) is 0 Å². The van der Waals surface area contributed by atoms with Gasteiger partial charge in [0.2, 0.25) is 0 Å². The normalized spacial score (nSPS) is 21.6. The maximum atomic E-state index is 13.2. The maximum Gasteiger partial charge on any atom is 0.253 e. The molecule has 1 unspecified atom stereocenters. The number of rotatable bonds is 7. The first kappa shape index (κ1) is 20.7. The van der Waals surface area contributed by atoms with Gasteiger partial charge in [-0.1, -0.05) is 30.8 Å². The van der Waals surface area contributed by atoms with E-state index < -0.39 is 0 Å². The van der Waals surface area contributed by atoms with E-state index in [0.717, 1.165) is 41.9 Å². The number of allylic oxidation sites excluding steroid dienone is 2. The Kier molecular flexibility index (Phi) is 6.63. The third-order valence-corrected chi connectivity index (χ3v) is 5.84. The Morgan fingerprint density at radius 2 is 2.07 bits per heavy atom. The quantitative estimate of drug-likeness (QED) is 0.537. The molecule has 0 saturated carbocycles. The van der Waals surface area contributed by atoms with E-state index in [1.54, 1.807) is 0 Å². The fourth-order valence-electron chi connectivity index (χ4n) is 4.21. The number of fused-ring (bicyclic) bond motifs is 1. The summed E-state index contributed by atoms with van der Waals surface area (Å²) in [6.45, 7) is 11.9. The maximum absolute atomic E-state index is 13.2. The van der Waals surface area contributed by atoms with Crippen molar-refractivity contribution in [1.82, 2.24) is 15.5 Å². The SMILES string of the molecule is C=C1C=C(C)N2C(=C1C(=O)NCc1ccccc1C)C(NCCCCl)C[C@H]2C. The first-order valence-electron chi connectivity index (χ1n) is 9.97. The number of carbonyl (C=O) groups excluding carboxylic acids is 1. The van der Waals surface area contributed by atoms with E-state index >= 15 is 0 Å². The van der Waals surface area contributed by atoms with E-state index in [4.69, 9.17) is 11.6 Å². The van der Waals surface area contributed by atoms with Crippen LogP contribution in [-0.4, -0.2) is 35.3 Å². The molecule has 4 nitrogen and oxygen atoms in total. The van der Waals surface area contributed by atoms with Crippen LogP contribution in [0.1, 0.15) is 37.8 Å². The summed E-state index contributed by atoms with van der Waals surface area (Å²) >= 11 is 5.84. The average molecular weight is 400 g/mol. The molecule has 150 valence electrons. The third-order valence-electron chi connectivity index (χ3n) is 5.58. The number of hydrogen-bond donors (Lipinski definition) is 2. The van der Waals surface area contributed by atoms with Crippen molar-refractivity contribution >= 4 is 17.5 Å². The average Bonchev–Trinajstić information content (AvgIpc) is 2.98. The van der Waals surface area contributed by atoms with Crippen molar-refractivity contribution in [3.63, 3.8) is 0 Å². The molecule has 2 atom stereocenters. The molecule has 1 fully saturated rings. The van der Waals surface area contributed by atoms with E-state index in [1.807, 2.05) is 24.3 Å². The summed E-state index contributed by atoms with van der Waals surface area (Å²) in [7, 11) is 0. The topological polar surface area (TPSA) is 44.4 Å². The highest BCUT2D eigenvalue weighted by molar-refractivity contribution is 6.17. The van der Waals surface area contributed by atoms with Crippen LogP contribution in [0.4, 0.5) is 0 Å². The molecule has 1 aromatic carbocycles. The van der Waals surface area contributed by atoms with Crippen LogP contribution in [0.2, 0.25) is 0 Å². The zero-order chi connectivity index (χ0) is 20.3. The first-order chi connectivity index (χ1) is 13.4. The molecule has 0 bridgehead atoms. The van der Waals surface area contributed by atoms with Crippen molar-refractivity contribution in [2.75, 3.05) is 12.4 Å². The standard InChI is InChI=1S/C23H30ClN3O/c1-15-8-5-6-9-19(15)14-26-23(28)21-16(2)12-17(3)27-18(4)13-20(22(21)27)25-11-7-10-24/h5-6,8-9,12,18,20,25H,2,7,10-11,13-14H2,1,3-4H3,(H,26,28)/t18-,20?/m1/s1. The lowest BCUT2D eigenvalue weighted by Crippen LogP contribution is -2.37. The Morgan fingerprint density at radius 1 is 1.32 bits per heavy atom. The van der Waals surface area contributed by atoms with Gasteiger partial charge in [-0.05, 0) is 62.9 Å². The molecule has 0 aromatic heterocycles. The Hall–Kier alpha value is -2.04. The van der Waals surface area contributed by atoms with Gasteiger partial charge in [-0.3, -0.25) is 4.79 Å². The van der Waals surface area contributed by atoms with E-state index in [-0.39, 0.29) is 11.9 Å². The highest BCUT2D eigenvalue weighted by Crippen LogP contribution is 2.39. The van der Waals surface area contributed by atoms with Crippen LogP contribution in [0.25, 0.3) is 0 Å². The highest BCUT2D eigenvalue weighted by Gasteiger charge is 2.40. The fraction of sp³-hybridized carbons (Fsp3) is 0.435. The molecular formula is C23H30ClN3O. The van der Waals surface area contributed by atoms with Crippen LogP contribution in [0.5, 0.6) is 0 Å². The minimum absolute atomic E-state index is 0.0600. The Bertz CT molecular complexity index is 827. The van der Waals surface area contributed by atoms with Crippen molar-refractivity contribution in [2.24, 2.45) is 0 Å². The van der Waals surface area contributed by atoms with Gasteiger partial charge < -0.3 is 15.5 Å². The lowest BCUT2D eigenvalue weighted by atomic mass is 9.96. The summed E-state index contributed by atoms with van der Waals surface area (Å²) in [5, 5.41) is 6.70. The lowest BCUT2D eigenvalue weighted by Gasteiger charge is -2.33. The van der Waals surface area contributed by atoms with Crippen LogP contribution in [0.3, 0.4) is 0 Å². The number of carbonyl (C=O) groups is 1. The zero-order valence-electron chi connectivity index (χ0n) is 17.0. The Morgan fingerprint density at radius 3 is 2.79 bits per heavy atom. The van der Waals surface area contributed by atoms with Gasteiger partial charge in [-0.15, -0.1) is 11.6 Å². The molecule has 0 aliphatic carbocycles. The summed E-state index contributed by atoms with van der Waals surface area (Å²) in [6, 6.07) is 8.60. The van der Waals surface area contributed by atoms with E-state index in [1.165, 1.54) is 5.56 Å². The molecule has 0 radical (unpaired) electrons. The van der Waals surface area contributed by atoms with Gasteiger partial charge in [0.25, 0.3) is 5.91 Å². The molecule has 0 spiro atoms. The highest BCUT2D eigenvalue weighted by atomic mass is 35.5. The summed E-state index contributed by atoms with van der Waals surface area (Å²) in [5.41, 5.74) is 5.98. The molecule has 3 rings (SSSR count). The predicted octanol–water partition coefficient (Wildman–Crippen LogP) is 4.02. The molecule has 2 aliphatic rings. The number of aryl methyl sites for hydroxylation is 1. The minimum atomic E-state index is -0.0600. The van der Waals surface area contributed by atoms with Gasteiger partial charge >= 0.3 is 0 Å². The summed E-state index contributed by atoms with van der Waals surface area (Å²) in [4.78, 5) is 15.5. The van der Waals surface area contributed by atoms with E-state index in [2.05, 4.69) is 49.0 Å². The van der Waals surface area contributed by atoms with Crippen LogP contribution < -0.4 is 10.6 Å². The Balaban J connectivity index is 1.86. The van der Waals surface area contributed by atoms with Crippen molar-refractivity contribution in [2.45, 2.75) is 52.2 Å². The largest absolute Gasteiger partial charge is 0.348 e. The van der Waals surface area contributed by atoms with Gasteiger partial charge in [0, 0.05) is 29.9 Å². The van der Waals surface area contributed by atoms with Gasteiger partial charge in [0.15, 0.2) is 0 Å². The minimum Gasteiger partial charge on any atom is -0.348 e. The third kappa shape index (κ3) is 4.18. The van der Waals surface area contributed by atoms with Gasteiger partial charge in [-0.2, -0.15) is 0 Å². The monoisotopic (exact) mass is 399 g/mol. The number of benzene rings is 1. The van der Waals surface area contributed by atoms with Gasteiger partial charge in [0.1, 0.15) is 0 Å². The van der Waals surface area contributed by atoms with Crippen molar-refractivity contribution in [3.8, 4) is 0 Å². The lowest BCUT2D eigenvalue weighted by molar-refractivity contribution is -0.117. The van der Waals surface area contributed by atoms with E-state index in [9.17, 15) is 4.79 Å². The van der Waals surface area contributed by atoms with Crippen LogP contribution in [0, 0.1) is 6.92 Å². The van der Waals surface area contributed by atoms with Gasteiger partial charge in [-0.25, -0.2) is 0 Å². The van der Waals surface area contributed by atoms with Gasteiger partial charge in [0.05, 0.1) is 11.6 Å². The molecule has 2 heterocycles. The molecule has 1 saturated heterocycles. The second-order valence-electron chi connectivity index (χ2n) is 7.68. The summed E-state index contributed by atoms with van der Waals surface area (Å²) in [5.74, 6) is 0.572. The number of hydrogen-bond acceptors (Lipinski definition) is 3. The molecule has 2 N–H and O–H groups in total. The summed E-state index contributed by atoms with van der Waals surface area (Å²) in [6.07, 6.45) is 3.89. The molecule has 1 amide bonds. The molecule has 2 aliphatic heterocycles. The number of halogens is 1. The molecular weight excluding hydrogens is 370 g/mol. The van der Waals surface area contributed by atoms with Crippen molar-refractivity contribution in [3.05, 3.63) is 70.6 Å².